The molecule has 0 saturated heterocycles. The van der Waals surface area contributed by atoms with Crippen LogP contribution in [0.2, 0.25) is 5.02 Å². The summed E-state index contributed by atoms with van der Waals surface area (Å²) in [5.41, 5.74) is 6.56. The third-order valence-electron chi connectivity index (χ3n) is 1.56. The van der Waals surface area contributed by atoms with Gasteiger partial charge in [-0.15, -0.1) is 0 Å². The Balaban J connectivity index is 3.05. The summed E-state index contributed by atoms with van der Waals surface area (Å²) in [4.78, 5) is 3.95. The predicted octanol–water partition coefficient (Wildman–Crippen LogP) is 2.44. The lowest BCUT2D eigenvalue weighted by molar-refractivity contribution is 0.859. The third-order valence-corrected chi connectivity index (χ3v) is 1.86. The summed E-state index contributed by atoms with van der Waals surface area (Å²) < 4.78 is 0. The molecule has 0 radical (unpaired) electrons. The maximum atomic E-state index is 5.77. The molecule has 0 saturated carbocycles. The van der Waals surface area contributed by atoms with E-state index in [2.05, 4.69) is 18.8 Å². The Morgan fingerprint density at radius 1 is 1.55 bits per heavy atom. The van der Waals surface area contributed by atoms with Crippen LogP contribution in [0, 0.1) is 0 Å². The molecule has 0 spiro atoms. The lowest BCUT2D eigenvalue weighted by atomic mass is 10.1. The molecule has 0 aromatic carbocycles. The standard InChI is InChI=1S/C8H11ClN2/c1-5(2)6-3-7(9)8(10)11-4-6/h3-5H,1-2H3,(H2,10,11). The van der Waals surface area contributed by atoms with Gasteiger partial charge in [-0.25, -0.2) is 4.98 Å². The minimum atomic E-state index is 0.399. The van der Waals surface area contributed by atoms with Gasteiger partial charge in [-0.1, -0.05) is 25.4 Å². The van der Waals surface area contributed by atoms with E-state index in [0.717, 1.165) is 5.56 Å². The van der Waals surface area contributed by atoms with Gasteiger partial charge in [0.15, 0.2) is 0 Å². The summed E-state index contributed by atoms with van der Waals surface area (Å²) in [6, 6.07) is 1.86. The smallest absolute Gasteiger partial charge is 0.142 e. The molecule has 1 heterocycles. The Kier molecular flexibility index (Phi) is 2.35. The van der Waals surface area contributed by atoms with Crippen molar-refractivity contribution in [3.8, 4) is 0 Å². The number of hydrogen-bond acceptors (Lipinski definition) is 2. The number of nitrogens with zero attached hydrogens (tertiary/aromatic N) is 1. The van der Waals surface area contributed by atoms with Gasteiger partial charge in [0.2, 0.25) is 0 Å². The first-order valence-electron chi connectivity index (χ1n) is 3.52. The summed E-state index contributed by atoms with van der Waals surface area (Å²) in [6.07, 6.45) is 1.76. The van der Waals surface area contributed by atoms with Crippen molar-refractivity contribution in [1.29, 1.82) is 0 Å². The van der Waals surface area contributed by atoms with Crippen LogP contribution in [-0.4, -0.2) is 4.98 Å². The lowest BCUT2D eigenvalue weighted by Crippen LogP contribution is -1.94. The van der Waals surface area contributed by atoms with Crippen molar-refractivity contribution in [2.45, 2.75) is 19.8 Å². The van der Waals surface area contributed by atoms with Crippen LogP contribution in [0.15, 0.2) is 12.3 Å². The van der Waals surface area contributed by atoms with Crippen LogP contribution in [0.1, 0.15) is 25.3 Å². The van der Waals surface area contributed by atoms with E-state index in [4.69, 9.17) is 17.3 Å². The number of nitrogens with two attached hydrogens (primary N) is 1. The highest BCUT2D eigenvalue weighted by Crippen LogP contribution is 2.21. The number of halogens is 1. The van der Waals surface area contributed by atoms with Gasteiger partial charge in [0.25, 0.3) is 0 Å². The molecule has 2 N–H and O–H groups in total. The van der Waals surface area contributed by atoms with E-state index in [1.165, 1.54) is 0 Å². The van der Waals surface area contributed by atoms with Gasteiger partial charge in [0.1, 0.15) is 5.82 Å². The summed E-state index contributed by atoms with van der Waals surface area (Å²) in [5.74, 6) is 0.844. The van der Waals surface area contributed by atoms with Crippen molar-refractivity contribution in [3.63, 3.8) is 0 Å². The zero-order chi connectivity index (χ0) is 8.43. The molecule has 0 aliphatic rings. The van der Waals surface area contributed by atoms with Crippen molar-refractivity contribution in [2.75, 3.05) is 5.73 Å². The summed E-state index contributed by atoms with van der Waals surface area (Å²) in [6.45, 7) is 4.17. The molecule has 0 unspecified atom stereocenters. The predicted molar refractivity (Wildman–Crippen MR) is 47.7 cm³/mol. The lowest BCUT2D eigenvalue weighted by Gasteiger charge is -2.05. The first-order valence-corrected chi connectivity index (χ1v) is 3.90. The minimum absolute atomic E-state index is 0.399. The summed E-state index contributed by atoms with van der Waals surface area (Å²) in [5, 5.41) is 0.538. The highest BCUT2D eigenvalue weighted by atomic mass is 35.5. The van der Waals surface area contributed by atoms with Gasteiger partial charge in [-0.2, -0.15) is 0 Å². The number of anilines is 1. The van der Waals surface area contributed by atoms with Crippen LogP contribution in [0.5, 0.6) is 0 Å². The molecule has 2 nitrogen and oxygen atoms in total. The van der Waals surface area contributed by atoms with Crippen LogP contribution in [-0.2, 0) is 0 Å². The molecule has 3 heteroatoms. The van der Waals surface area contributed by atoms with E-state index in [9.17, 15) is 0 Å². The number of rotatable bonds is 1. The van der Waals surface area contributed by atoms with Crippen molar-refractivity contribution in [3.05, 3.63) is 22.8 Å². The molecule has 0 aliphatic heterocycles. The summed E-state index contributed by atoms with van der Waals surface area (Å²) >= 11 is 5.77. The Morgan fingerprint density at radius 2 is 2.18 bits per heavy atom. The molecule has 0 amide bonds. The molecule has 0 bridgehead atoms. The highest BCUT2D eigenvalue weighted by molar-refractivity contribution is 6.32. The summed E-state index contributed by atoms with van der Waals surface area (Å²) in [7, 11) is 0. The topological polar surface area (TPSA) is 38.9 Å². The molecular weight excluding hydrogens is 160 g/mol. The fourth-order valence-electron chi connectivity index (χ4n) is 0.779. The van der Waals surface area contributed by atoms with Crippen LogP contribution < -0.4 is 5.73 Å². The van der Waals surface area contributed by atoms with E-state index in [1.807, 2.05) is 6.07 Å². The first kappa shape index (κ1) is 8.34. The van der Waals surface area contributed by atoms with Gasteiger partial charge >= 0.3 is 0 Å². The number of aromatic nitrogens is 1. The van der Waals surface area contributed by atoms with Crippen molar-refractivity contribution in [2.24, 2.45) is 0 Å². The second-order valence-electron chi connectivity index (χ2n) is 2.79. The largest absolute Gasteiger partial charge is 0.382 e. The van der Waals surface area contributed by atoms with Crippen molar-refractivity contribution in [1.82, 2.24) is 4.98 Å². The van der Waals surface area contributed by atoms with Gasteiger partial charge < -0.3 is 5.73 Å². The van der Waals surface area contributed by atoms with Crippen LogP contribution in [0.4, 0.5) is 5.82 Å². The van der Waals surface area contributed by atoms with E-state index in [1.54, 1.807) is 6.20 Å². The average Bonchev–Trinajstić information content (AvgIpc) is 1.94. The second kappa shape index (κ2) is 3.09. The third kappa shape index (κ3) is 1.84. The monoisotopic (exact) mass is 170 g/mol. The number of hydrogen-bond donors (Lipinski definition) is 1. The van der Waals surface area contributed by atoms with E-state index < -0.39 is 0 Å². The minimum Gasteiger partial charge on any atom is -0.382 e. The Morgan fingerprint density at radius 3 is 2.64 bits per heavy atom. The fourth-order valence-corrected chi connectivity index (χ4v) is 0.954. The molecule has 0 atom stereocenters. The Labute approximate surface area is 71.4 Å². The fraction of sp³-hybridized carbons (Fsp3) is 0.375. The zero-order valence-corrected chi connectivity index (χ0v) is 7.39. The van der Waals surface area contributed by atoms with E-state index in [0.29, 0.717) is 16.8 Å². The highest BCUT2D eigenvalue weighted by Gasteiger charge is 2.02. The molecule has 1 rings (SSSR count). The zero-order valence-electron chi connectivity index (χ0n) is 6.63. The molecule has 1 aromatic heterocycles. The van der Waals surface area contributed by atoms with Crippen LogP contribution >= 0.6 is 11.6 Å². The van der Waals surface area contributed by atoms with E-state index in [-0.39, 0.29) is 0 Å². The number of pyridine rings is 1. The van der Waals surface area contributed by atoms with Crippen LogP contribution in [0.25, 0.3) is 0 Å². The maximum absolute atomic E-state index is 5.77. The molecule has 1 aromatic rings. The number of nitrogen functional groups attached to an aromatic ring is 1. The van der Waals surface area contributed by atoms with Gasteiger partial charge in [0, 0.05) is 6.20 Å². The Bertz CT molecular complexity index is 258. The van der Waals surface area contributed by atoms with Crippen LogP contribution in [0.3, 0.4) is 0 Å². The molecule has 0 fully saturated rings. The second-order valence-corrected chi connectivity index (χ2v) is 3.20. The Hall–Kier alpha value is -0.760. The normalized spacial score (nSPS) is 10.5. The molecule has 60 valence electrons. The molecule has 0 aliphatic carbocycles. The van der Waals surface area contributed by atoms with Crippen molar-refractivity contribution >= 4 is 17.4 Å². The van der Waals surface area contributed by atoms with Gasteiger partial charge in [-0.3, -0.25) is 0 Å². The quantitative estimate of drug-likeness (QED) is 0.703. The van der Waals surface area contributed by atoms with Gasteiger partial charge in [0.05, 0.1) is 5.02 Å². The maximum Gasteiger partial charge on any atom is 0.142 e. The van der Waals surface area contributed by atoms with Gasteiger partial charge in [-0.05, 0) is 17.5 Å². The average molecular weight is 171 g/mol. The first-order chi connectivity index (χ1) is 5.11. The van der Waals surface area contributed by atoms with E-state index >= 15 is 0 Å². The molecule has 11 heavy (non-hydrogen) atoms. The molecular formula is C8H11ClN2. The van der Waals surface area contributed by atoms with Crippen molar-refractivity contribution < 1.29 is 0 Å². The SMILES string of the molecule is CC(C)c1cnc(N)c(Cl)c1.